The molecule has 1 saturated heterocycles. The van der Waals surface area contributed by atoms with Gasteiger partial charge in [0.2, 0.25) is 11.8 Å². The first-order valence-electron chi connectivity index (χ1n) is 9.17. The van der Waals surface area contributed by atoms with Gasteiger partial charge in [0.25, 0.3) is 0 Å². The van der Waals surface area contributed by atoms with Gasteiger partial charge in [-0.2, -0.15) is 0 Å². The van der Waals surface area contributed by atoms with E-state index in [1.807, 2.05) is 35.4 Å². The summed E-state index contributed by atoms with van der Waals surface area (Å²) in [5.74, 6) is 0.152. The Bertz CT molecular complexity index is 804. The van der Waals surface area contributed by atoms with Crippen LogP contribution in [0.15, 0.2) is 30.5 Å². The standard InChI is InChI=1S/C20H25N3O2/c1-21-19(25)16-12-23(13-20(16)8-4-5-9-20)18(24)10-14-11-22-17-7-3-2-6-15(14)17/h2-3,6-7,11,16,22H,4-5,8-10,12-13H2,1H3,(H,21,25). The molecule has 0 bridgehead atoms. The van der Waals surface area contributed by atoms with Crippen LogP contribution in [0.25, 0.3) is 10.9 Å². The molecule has 2 N–H and O–H groups in total. The van der Waals surface area contributed by atoms with E-state index in [4.69, 9.17) is 0 Å². The van der Waals surface area contributed by atoms with Crippen molar-refractivity contribution in [3.8, 4) is 0 Å². The van der Waals surface area contributed by atoms with E-state index in [-0.39, 0.29) is 23.1 Å². The van der Waals surface area contributed by atoms with E-state index < -0.39 is 0 Å². The van der Waals surface area contributed by atoms with Gasteiger partial charge in [0.1, 0.15) is 0 Å². The van der Waals surface area contributed by atoms with E-state index in [9.17, 15) is 9.59 Å². The van der Waals surface area contributed by atoms with Gasteiger partial charge in [-0.1, -0.05) is 31.0 Å². The fourth-order valence-electron chi connectivity index (χ4n) is 4.83. The van der Waals surface area contributed by atoms with Crippen LogP contribution in [-0.4, -0.2) is 41.8 Å². The number of carbonyl (C=O) groups is 2. The molecule has 132 valence electrons. The fourth-order valence-corrected chi connectivity index (χ4v) is 4.83. The Hall–Kier alpha value is -2.30. The third-order valence-electron chi connectivity index (χ3n) is 6.18. The number of H-pyrrole nitrogens is 1. The van der Waals surface area contributed by atoms with Crippen LogP contribution in [-0.2, 0) is 16.0 Å². The Kier molecular flexibility index (Phi) is 4.02. The van der Waals surface area contributed by atoms with E-state index in [1.54, 1.807) is 7.05 Å². The minimum absolute atomic E-state index is 0.00400. The lowest BCUT2D eigenvalue weighted by Crippen LogP contribution is -2.38. The molecular weight excluding hydrogens is 314 g/mol. The van der Waals surface area contributed by atoms with Crippen LogP contribution in [0.5, 0.6) is 0 Å². The normalized spacial score (nSPS) is 22.0. The molecule has 2 heterocycles. The van der Waals surface area contributed by atoms with Gasteiger partial charge in [0.05, 0.1) is 12.3 Å². The molecule has 4 rings (SSSR count). The summed E-state index contributed by atoms with van der Waals surface area (Å²) < 4.78 is 0. The molecule has 2 amide bonds. The Morgan fingerprint density at radius 3 is 2.80 bits per heavy atom. The molecule has 2 fully saturated rings. The lowest BCUT2D eigenvalue weighted by Gasteiger charge is -2.28. The van der Waals surface area contributed by atoms with E-state index >= 15 is 0 Å². The zero-order chi connectivity index (χ0) is 17.4. The van der Waals surface area contributed by atoms with Gasteiger partial charge in [-0.25, -0.2) is 0 Å². The summed E-state index contributed by atoms with van der Waals surface area (Å²) in [7, 11) is 1.70. The molecule has 5 heteroatoms. The number of hydrogen-bond donors (Lipinski definition) is 2. The van der Waals surface area contributed by atoms with Crippen LogP contribution >= 0.6 is 0 Å². The lowest BCUT2D eigenvalue weighted by molar-refractivity contribution is -0.130. The average molecular weight is 339 g/mol. The van der Waals surface area contributed by atoms with Crippen molar-refractivity contribution in [3.05, 3.63) is 36.0 Å². The third-order valence-corrected chi connectivity index (χ3v) is 6.18. The number of aromatic amines is 1. The largest absolute Gasteiger partial charge is 0.361 e. The quantitative estimate of drug-likeness (QED) is 0.902. The summed E-state index contributed by atoms with van der Waals surface area (Å²) in [6.07, 6.45) is 6.76. The van der Waals surface area contributed by atoms with Crippen LogP contribution in [0.4, 0.5) is 0 Å². The molecule has 1 atom stereocenters. The predicted octanol–water partition coefficient (Wildman–Crippen LogP) is 2.48. The van der Waals surface area contributed by atoms with Gasteiger partial charge >= 0.3 is 0 Å². The highest BCUT2D eigenvalue weighted by Crippen LogP contribution is 2.49. The maximum Gasteiger partial charge on any atom is 0.227 e. The molecule has 25 heavy (non-hydrogen) atoms. The van der Waals surface area contributed by atoms with Crippen LogP contribution in [0.2, 0.25) is 0 Å². The molecule has 1 aliphatic carbocycles. The second kappa shape index (κ2) is 6.21. The van der Waals surface area contributed by atoms with Crippen LogP contribution < -0.4 is 5.32 Å². The number of amides is 2. The average Bonchev–Trinajstić information content (AvgIpc) is 3.35. The zero-order valence-electron chi connectivity index (χ0n) is 14.7. The highest BCUT2D eigenvalue weighted by atomic mass is 16.2. The summed E-state index contributed by atoms with van der Waals surface area (Å²) in [6, 6.07) is 8.05. The molecular formula is C20H25N3O2. The molecule has 1 aromatic carbocycles. The highest BCUT2D eigenvalue weighted by molar-refractivity contribution is 5.89. The number of fused-ring (bicyclic) bond motifs is 1. The van der Waals surface area contributed by atoms with Gasteiger partial charge in [0, 0.05) is 42.7 Å². The van der Waals surface area contributed by atoms with Gasteiger partial charge in [-0.15, -0.1) is 0 Å². The number of para-hydroxylation sites is 1. The fraction of sp³-hybridized carbons (Fsp3) is 0.500. The van der Waals surface area contributed by atoms with Crippen molar-refractivity contribution in [2.24, 2.45) is 11.3 Å². The summed E-state index contributed by atoms with van der Waals surface area (Å²) in [5, 5.41) is 3.91. The first-order chi connectivity index (χ1) is 12.1. The van der Waals surface area contributed by atoms with Gasteiger partial charge in [-0.05, 0) is 24.5 Å². The summed E-state index contributed by atoms with van der Waals surface area (Å²) in [4.78, 5) is 30.5. The summed E-state index contributed by atoms with van der Waals surface area (Å²) in [6.45, 7) is 1.28. The molecule has 1 aliphatic heterocycles. The number of hydrogen-bond acceptors (Lipinski definition) is 2. The van der Waals surface area contributed by atoms with Crippen molar-refractivity contribution in [1.29, 1.82) is 0 Å². The SMILES string of the molecule is CNC(=O)C1CN(C(=O)Cc2c[nH]c3ccccc23)CC12CCCC2. The van der Waals surface area contributed by atoms with Crippen LogP contribution in [0.3, 0.4) is 0 Å². The Morgan fingerprint density at radius 1 is 1.28 bits per heavy atom. The maximum atomic E-state index is 12.9. The lowest BCUT2D eigenvalue weighted by atomic mass is 9.76. The molecule has 5 nitrogen and oxygen atoms in total. The minimum atomic E-state index is -0.0630. The molecule has 2 aromatic rings. The molecule has 1 aromatic heterocycles. The Labute approximate surface area is 147 Å². The summed E-state index contributed by atoms with van der Waals surface area (Å²) >= 11 is 0. The van der Waals surface area contributed by atoms with Crippen LogP contribution in [0, 0.1) is 11.3 Å². The van der Waals surface area contributed by atoms with E-state index in [2.05, 4.69) is 10.3 Å². The monoisotopic (exact) mass is 339 g/mol. The smallest absolute Gasteiger partial charge is 0.227 e. The Morgan fingerprint density at radius 2 is 2.04 bits per heavy atom. The second-order valence-corrected chi connectivity index (χ2v) is 7.55. The van der Waals surface area contributed by atoms with Gasteiger partial charge in [0.15, 0.2) is 0 Å². The summed E-state index contributed by atoms with van der Waals surface area (Å²) in [5.41, 5.74) is 2.09. The highest BCUT2D eigenvalue weighted by Gasteiger charge is 2.51. The minimum Gasteiger partial charge on any atom is -0.361 e. The first kappa shape index (κ1) is 16.2. The number of carbonyl (C=O) groups excluding carboxylic acids is 2. The number of benzene rings is 1. The number of likely N-dealkylation sites (tertiary alicyclic amines) is 1. The van der Waals surface area contributed by atoms with Gasteiger partial charge < -0.3 is 15.2 Å². The molecule has 0 radical (unpaired) electrons. The Balaban J connectivity index is 1.53. The first-order valence-corrected chi connectivity index (χ1v) is 9.17. The van der Waals surface area contributed by atoms with Crippen molar-refractivity contribution in [1.82, 2.24) is 15.2 Å². The number of nitrogens with one attached hydrogen (secondary N) is 2. The van der Waals surface area contributed by atoms with E-state index in [0.717, 1.165) is 48.7 Å². The maximum absolute atomic E-state index is 12.9. The van der Waals surface area contributed by atoms with Crippen molar-refractivity contribution in [2.45, 2.75) is 32.1 Å². The topological polar surface area (TPSA) is 65.2 Å². The number of nitrogens with zero attached hydrogens (tertiary/aromatic N) is 1. The van der Waals surface area contributed by atoms with Crippen molar-refractivity contribution in [2.75, 3.05) is 20.1 Å². The van der Waals surface area contributed by atoms with Crippen molar-refractivity contribution >= 4 is 22.7 Å². The predicted molar refractivity (Wildman–Crippen MR) is 97.0 cm³/mol. The number of aromatic nitrogens is 1. The third kappa shape index (κ3) is 2.71. The molecule has 1 unspecified atom stereocenters. The second-order valence-electron chi connectivity index (χ2n) is 7.55. The van der Waals surface area contributed by atoms with E-state index in [0.29, 0.717) is 13.0 Å². The van der Waals surface area contributed by atoms with Crippen LogP contribution in [0.1, 0.15) is 31.2 Å². The molecule has 1 saturated carbocycles. The zero-order valence-corrected chi connectivity index (χ0v) is 14.7. The number of rotatable bonds is 3. The van der Waals surface area contributed by atoms with Crippen molar-refractivity contribution < 1.29 is 9.59 Å². The molecule has 1 spiro atoms. The van der Waals surface area contributed by atoms with E-state index in [1.165, 1.54) is 0 Å². The van der Waals surface area contributed by atoms with Gasteiger partial charge in [-0.3, -0.25) is 9.59 Å². The van der Waals surface area contributed by atoms with Crippen molar-refractivity contribution in [3.63, 3.8) is 0 Å². The molecule has 2 aliphatic rings.